The van der Waals surface area contributed by atoms with E-state index < -0.39 is 0 Å². The lowest BCUT2D eigenvalue weighted by Crippen LogP contribution is -2.41. The third-order valence-corrected chi connectivity index (χ3v) is 8.06. The normalized spacial score (nSPS) is 28.4. The molecule has 4 atom stereocenters. The molecule has 5 rings (SSSR count). The average Bonchev–Trinajstić information content (AvgIpc) is 3.54. The van der Waals surface area contributed by atoms with Crippen LogP contribution in [0.1, 0.15) is 57.1 Å². The molecule has 1 amide bonds. The fraction of sp³-hybridized carbons (Fsp3) is 0.480. The quantitative estimate of drug-likeness (QED) is 0.644. The molecule has 0 saturated heterocycles. The summed E-state index contributed by atoms with van der Waals surface area (Å²) in [5.74, 6) is 1.10. The molecular weight excluding hydrogens is 422 g/mol. The van der Waals surface area contributed by atoms with Crippen molar-refractivity contribution in [2.24, 2.45) is 16.8 Å². The second-order valence-electron chi connectivity index (χ2n) is 9.04. The number of carbonyl (C=O) groups is 2. The molecule has 2 aliphatic carbocycles. The number of nitrogens with zero attached hydrogens (tertiary/aromatic N) is 2. The predicted octanol–water partition coefficient (Wildman–Crippen LogP) is 4.52. The van der Waals surface area contributed by atoms with Crippen molar-refractivity contribution in [1.29, 1.82) is 0 Å². The minimum absolute atomic E-state index is 0.0485. The maximum atomic E-state index is 13.0. The van der Waals surface area contributed by atoms with E-state index in [9.17, 15) is 9.59 Å². The van der Waals surface area contributed by atoms with Gasteiger partial charge in [0.1, 0.15) is 0 Å². The van der Waals surface area contributed by atoms with Crippen LogP contribution >= 0.6 is 11.8 Å². The number of methoxy groups -OCH3 is 1. The van der Waals surface area contributed by atoms with Crippen LogP contribution in [0.25, 0.3) is 0 Å². The van der Waals surface area contributed by atoms with Crippen molar-refractivity contribution in [2.45, 2.75) is 57.5 Å². The summed E-state index contributed by atoms with van der Waals surface area (Å²) in [6, 6.07) is 9.88. The van der Waals surface area contributed by atoms with E-state index in [-0.39, 0.29) is 24.3 Å². The number of hydrogen-bond acceptors (Lipinski definition) is 6. The monoisotopic (exact) mass is 451 g/mol. The number of thioether (sulfide) groups is 1. The Morgan fingerprint density at radius 1 is 1.22 bits per heavy atom. The average molecular weight is 452 g/mol. The maximum absolute atomic E-state index is 13.0. The Morgan fingerprint density at radius 2 is 2.03 bits per heavy atom. The van der Waals surface area contributed by atoms with Crippen LogP contribution < -0.4 is 5.32 Å². The van der Waals surface area contributed by atoms with E-state index in [1.165, 1.54) is 38.1 Å². The van der Waals surface area contributed by atoms with Crippen molar-refractivity contribution >= 4 is 28.8 Å². The van der Waals surface area contributed by atoms with Crippen LogP contribution in [0.3, 0.4) is 0 Å². The number of amides is 1. The van der Waals surface area contributed by atoms with Gasteiger partial charge in [-0.3, -0.25) is 4.79 Å². The van der Waals surface area contributed by atoms with Crippen LogP contribution in [0.15, 0.2) is 57.7 Å². The third-order valence-electron chi connectivity index (χ3n) is 7.17. The summed E-state index contributed by atoms with van der Waals surface area (Å²) in [6.07, 6.45) is 5.83. The summed E-state index contributed by atoms with van der Waals surface area (Å²) in [5.41, 5.74) is 3.14. The van der Waals surface area contributed by atoms with Crippen molar-refractivity contribution in [3.05, 3.63) is 58.3 Å². The first-order chi connectivity index (χ1) is 15.6. The number of carbonyl (C=O) groups excluding carboxylic acids is 2. The SMILES string of the molecule is CCC1=C(C(=O)OC)C(c2ccccc2)N2C(CC(=O)NC3CC4CCC3C4)=CSC2=N1. The van der Waals surface area contributed by atoms with Crippen LogP contribution in [0.2, 0.25) is 0 Å². The number of benzene rings is 1. The first-order valence-corrected chi connectivity index (χ1v) is 12.4. The summed E-state index contributed by atoms with van der Waals surface area (Å²) in [6.45, 7) is 2.00. The van der Waals surface area contributed by atoms with E-state index in [1.807, 2.05) is 47.6 Å². The molecule has 32 heavy (non-hydrogen) atoms. The molecule has 1 aromatic carbocycles. The number of allylic oxidation sites excluding steroid dienone is 1. The van der Waals surface area contributed by atoms with E-state index in [2.05, 4.69) is 5.32 Å². The molecule has 6 nitrogen and oxygen atoms in total. The van der Waals surface area contributed by atoms with Crippen LogP contribution in [0.4, 0.5) is 0 Å². The van der Waals surface area contributed by atoms with E-state index in [1.54, 1.807) is 0 Å². The van der Waals surface area contributed by atoms with Crippen molar-refractivity contribution in [2.75, 3.05) is 7.11 Å². The minimum atomic E-state index is -0.374. The number of rotatable bonds is 6. The van der Waals surface area contributed by atoms with Gasteiger partial charge in [0.2, 0.25) is 5.91 Å². The highest BCUT2D eigenvalue weighted by Crippen LogP contribution is 2.46. The Balaban J connectivity index is 1.42. The van der Waals surface area contributed by atoms with Crippen LogP contribution in [-0.4, -0.2) is 35.1 Å². The number of nitrogens with one attached hydrogen (secondary N) is 1. The van der Waals surface area contributed by atoms with Crippen molar-refractivity contribution < 1.29 is 14.3 Å². The molecule has 4 aliphatic rings. The Labute approximate surface area is 193 Å². The Bertz CT molecular complexity index is 1020. The standard InChI is InChI=1S/C25H29N3O3S/c1-3-19-22(24(30)31-2)23(16-7-5-4-6-8-16)28-18(14-32-25(28)27-19)13-21(29)26-20-12-15-9-10-17(20)11-15/h4-8,14-15,17,20,23H,3,9-13H2,1-2H3,(H,26,29). The molecule has 168 valence electrons. The van der Waals surface area contributed by atoms with Gasteiger partial charge in [-0.1, -0.05) is 55.4 Å². The topological polar surface area (TPSA) is 71.0 Å². The molecule has 4 unspecified atom stereocenters. The highest BCUT2D eigenvalue weighted by Gasteiger charge is 2.43. The van der Waals surface area contributed by atoms with Crippen LogP contribution in [0, 0.1) is 11.8 Å². The van der Waals surface area contributed by atoms with Crippen LogP contribution in [0.5, 0.6) is 0 Å². The number of esters is 1. The highest BCUT2D eigenvalue weighted by atomic mass is 32.2. The molecule has 1 N–H and O–H groups in total. The minimum Gasteiger partial charge on any atom is -0.466 e. The maximum Gasteiger partial charge on any atom is 0.338 e. The number of ether oxygens (including phenoxy) is 1. The molecule has 2 bridgehead atoms. The van der Waals surface area contributed by atoms with Gasteiger partial charge in [0, 0.05) is 11.7 Å². The molecule has 2 heterocycles. The fourth-order valence-corrected chi connectivity index (χ4v) is 6.64. The van der Waals surface area contributed by atoms with Crippen molar-refractivity contribution in [3.63, 3.8) is 0 Å². The molecule has 2 aliphatic heterocycles. The van der Waals surface area contributed by atoms with Gasteiger partial charge in [-0.15, -0.1) is 0 Å². The van der Waals surface area contributed by atoms with Gasteiger partial charge >= 0.3 is 5.97 Å². The first kappa shape index (κ1) is 21.3. The predicted molar refractivity (Wildman–Crippen MR) is 125 cm³/mol. The summed E-state index contributed by atoms with van der Waals surface area (Å²) < 4.78 is 5.16. The molecular formula is C25H29N3O3S. The third kappa shape index (κ3) is 3.76. The molecule has 0 aromatic heterocycles. The molecule has 2 saturated carbocycles. The molecule has 7 heteroatoms. The smallest absolute Gasteiger partial charge is 0.338 e. The Kier molecular flexibility index (Phi) is 5.84. The van der Waals surface area contributed by atoms with Gasteiger partial charge in [0.05, 0.1) is 30.8 Å². The largest absolute Gasteiger partial charge is 0.466 e. The summed E-state index contributed by atoms with van der Waals surface area (Å²) >= 11 is 1.52. The van der Waals surface area contributed by atoms with Gasteiger partial charge in [0.25, 0.3) is 0 Å². The van der Waals surface area contributed by atoms with Gasteiger partial charge in [0.15, 0.2) is 5.17 Å². The number of amidine groups is 1. The molecule has 0 radical (unpaired) electrons. The summed E-state index contributed by atoms with van der Waals surface area (Å²) in [7, 11) is 1.40. The fourth-order valence-electron chi connectivity index (χ4n) is 5.71. The van der Waals surface area contributed by atoms with E-state index >= 15 is 0 Å². The van der Waals surface area contributed by atoms with Gasteiger partial charge in [-0.05, 0) is 48.5 Å². The van der Waals surface area contributed by atoms with Gasteiger partial charge < -0.3 is 15.0 Å². The molecule has 0 spiro atoms. The zero-order valence-corrected chi connectivity index (χ0v) is 19.4. The van der Waals surface area contributed by atoms with Gasteiger partial charge in [-0.2, -0.15) is 0 Å². The van der Waals surface area contributed by atoms with Gasteiger partial charge in [-0.25, -0.2) is 9.79 Å². The Morgan fingerprint density at radius 3 is 2.69 bits per heavy atom. The van der Waals surface area contributed by atoms with E-state index in [4.69, 9.17) is 9.73 Å². The zero-order valence-electron chi connectivity index (χ0n) is 18.5. The second-order valence-corrected chi connectivity index (χ2v) is 9.87. The lowest BCUT2D eigenvalue weighted by Gasteiger charge is -2.36. The lowest BCUT2D eigenvalue weighted by molar-refractivity contribution is -0.136. The van der Waals surface area contributed by atoms with E-state index in [0.29, 0.717) is 24.0 Å². The number of hydrogen-bond donors (Lipinski definition) is 1. The van der Waals surface area contributed by atoms with Crippen molar-refractivity contribution in [1.82, 2.24) is 10.2 Å². The highest BCUT2D eigenvalue weighted by molar-refractivity contribution is 8.16. The lowest BCUT2D eigenvalue weighted by atomic mass is 9.92. The Hall–Kier alpha value is -2.54. The first-order valence-electron chi connectivity index (χ1n) is 11.5. The number of aliphatic imine (C=N–C) groups is 1. The number of fused-ring (bicyclic) bond motifs is 3. The van der Waals surface area contributed by atoms with E-state index in [0.717, 1.165) is 34.5 Å². The van der Waals surface area contributed by atoms with Crippen LogP contribution in [-0.2, 0) is 14.3 Å². The molecule has 2 fully saturated rings. The summed E-state index contributed by atoms with van der Waals surface area (Å²) in [4.78, 5) is 32.7. The van der Waals surface area contributed by atoms with Crippen molar-refractivity contribution in [3.8, 4) is 0 Å². The zero-order chi connectivity index (χ0) is 22.2. The summed E-state index contributed by atoms with van der Waals surface area (Å²) in [5, 5.41) is 6.11. The molecule has 1 aromatic rings. The second kappa shape index (κ2) is 8.77.